The van der Waals surface area contributed by atoms with E-state index in [2.05, 4.69) is 15.4 Å². The Kier molecular flexibility index (Phi) is 3.13. The van der Waals surface area contributed by atoms with E-state index in [0.717, 1.165) is 11.3 Å². The van der Waals surface area contributed by atoms with Gasteiger partial charge in [0.2, 0.25) is 6.79 Å². The van der Waals surface area contributed by atoms with Gasteiger partial charge in [-0.25, -0.2) is 4.68 Å². The highest BCUT2D eigenvalue weighted by Gasteiger charge is 2.27. The number of anilines is 2. The van der Waals surface area contributed by atoms with Crippen molar-refractivity contribution in [2.75, 3.05) is 17.8 Å². The standard InChI is InChI=1S/C18H15N5O3/c19-17-16(11-3-1-2-6-20-11)18-21-12(8-15(24)23(18)22-17)10-4-5-13-14(7-10)26-9-25-13/h1-8,15,21,24H,9H2,(H2,19,22). The summed E-state index contributed by atoms with van der Waals surface area (Å²) in [6.45, 7) is 0.209. The number of ether oxygens (including phenoxy) is 2. The quantitative estimate of drug-likeness (QED) is 0.651. The van der Waals surface area contributed by atoms with Crippen LogP contribution in [0, 0.1) is 0 Å². The number of benzene rings is 1. The van der Waals surface area contributed by atoms with Crippen LogP contribution in [0.3, 0.4) is 0 Å². The Morgan fingerprint density at radius 3 is 2.92 bits per heavy atom. The van der Waals surface area contributed by atoms with E-state index in [9.17, 15) is 5.11 Å². The Bertz CT molecular complexity index is 1030. The third-order valence-electron chi connectivity index (χ3n) is 4.36. The van der Waals surface area contributed by atoms with Gasteiger partial charge in [0.05, 0.1) is 11.3 Å². The van der Waals surface area contributed by atoms with Crippen LogP contribution in [-0.4, -0.2) is 26.7 Å². The largest absolute Gasteiger partial charge is 0.454 e. The van der Waals surface area contributed by atoms with Crippen molar-refractivity contribution < 1.29 is 14.6 Å². The Balaban J connectivity index is 1.59. The first-order chi connectivity index (χ1) is 12.7. The second-order valence-corrected chi connectivity index (χ2v) is 5.96. The highest BCUT2D eigenvalue weighted by molar-refractivity contribution is 5.90. The van der Waals surface area contributed by atoms with Gasteiger partial charge in [-0.15, -0.1) is 0 Å². The molecule has 4 N–H and O–H groups in total. The molecule has 1 unspecified atom stereocenters. The molecule has 1 atom stereocenters. The monoisotopic (exact) mass is 349 g/mol. The fraction of sp³-hybridized carbons (Fsp3) is 0.111. The van der Waals surface area contributed by atoms with E-state index in [1.807, 2.05) is 36.4 Å². The smallest absolute Gasteiger partial charge is 0.231 e. The maximum atomic E-state index is 10.5. The minimum Gasteiger partial charge on any atom is -0.454 e. The third kappa shape index (κ3) is 2.20. The number of nitrogens with one attached hydrogen (secondary N) is 1. The summed E-state index contributed by atoms with van der Waals surface area (Å²) in [5.41, 5.74) is 8.99. The molecule has 0 fully saturated rings. The third-order valence-corrected chi connectivity index (χ3v) is 4.36. The van der Waals surface area contributed by atoms with Crippen LogP contribution in [0.25, 0.3) is 17.0 Å². The van der Waals surface area contributed by atoms with Crippen LogP contribution in [-0.2, 0) is 0 Å². The van der Waals surface area contributed by atoms with Gasteiger partial charge in [0.1, 0.15) is 5.82 Å². The van der Waals surface area contributed by atoms with Gasteiger partial charge in [0.25, 0.3) is 0 Å². The van der Waals surface area contributed by atoms with Gasteiger partial charge >= 0.3 is 0 Å². The SMILES string of the molecule is Nc1nn2c(c1-c1ccccn1)NC(c1ccc3c(c1)OCO3)=CC2O. The molecule has 0 saturated carbocycles. The summed E-state index contributed by atoms with van der Waals surface area (Å²) in [4.78, 5) is 4.35. The Hall–Kier alpha value is -3.52. The molecule has 2 aliphatic rings. The van der Waals surface area contributed by atoms with E-state index < -0.39 is 6.23 Å². The molecule has 1 aromatic carbocycles. The van der Waals surface area contributed by atoms with Gasteiger partial charge in [0.15, 0.2) is 23.5 Å². The molecule has 130 valence electrons. The average molecular weight is 349 g/mol. The summed E-state index contributed by atoms with van der Waals surface area (Å²) < 4.78 is 12.2. The predicted octanol–water partition coefficient (Wildman–Crippen LogP) is 2.21. The molecule has 0 aliphatic carbocycles. The zero-order valence-electron chi connectivity index (χ0n) is 13.6. The number of nitrogen functional groups attached to an aromatic ring is 1. The molecule has 3 aromatic rings. The average Bonchev–Trinajstić information content (AvgIpc) is 3.25. The Morgan fingerprint density at radius 2 is 2.08 bits per heavy atom. The predicted molar refractivity (Wildman–Crippen MR) is 95.3 cm³/mol. The highest BCUT2D eigenvalue weighted by Crippen LogP contribution is 2.40. The second kappa shape index (κ2) is 5.50. The van der Waals surface area contributed by atoms with Crippen LogP contribution in [0.5, 0.6) is 11.5 Å². The molecular formula is C18H15N5O3. The fourth-order valence-corrected chi connectivity index (χ4v) is 3.15. The maximum absolute atomic E-state index is 10.5. The lowest BCUT2D eigenvalue weighted by molar-refractivity contribution is 0.141. The lowest BCUT2D eigenvalue weighted by atomic mass is 10.1. The molecule has 8 nitrogen and oxygen atoms in total. The van der Waals surface area contributed by atoms with Gasteiger partial charge in [-0.3, -0.25) is 4.98 Å². The van der Waals surface area contributed by atoms with E-state index >= 15 is 0 Å². The first-order valence-corrected chi connectivity index (χ1v) is 8.07. The number of nitrogens with zero attached hydrogens (tertiary/aromatic N) is 3. The first-order valence-electron chi connectivity index (χ1n) is 8.07. The van der Waals surface area contributed by atoms with Crippen molar-refractivity contribution in [3.8, 4) is 22.8 Å². The number of aliphatic hydroxyl groups is 1. The summed E-state index contributed by atoms with van der Waals surface area (Å²) >= 11 is 0. The lowest BCUT2D eigenvalue weighted by Crippen LogP contribution is -2.18. The van der Waals surface area contributed by atoms with Crippen molar-refractivity contribution in [1.29, 1.82) is 0 Å². The van der Waals surface area contributed by atoms with Crippen LogP contribution < -0.4 is 20.5 Å². The molecule has 0 spiro atoms. The van der Waals surface area contributed by atoms with Crippen molar-refractivity contribution in [1.82, 2.24) is 14.8 Å². The van der Waals surface area contributed by atoms with Gasteiger partial charge in [-0.1, -0.05) is 6.07 Å². The summed E-state index contributed by atoms with van der Waals surface area (Å²) in [6.07, 6.45) is 2.40. The molecule has 4 heterocycles. The van der Waals surface area contributed by atoms with Crippen molar-refractivity contribution in [3.63, 3.8) is 0 Å². The van der Waals surface area contributed by atoms with E-state index in [0.29, 0.717) is 34.4 Å². The minimum atomic E-state index is -0.952. The highest BCUT2D eigenvalue weighted by atomic mass is 16.7. The van der Waals surface area contributed by atoms with Crippen molar-refractivity contribution >= 4 is 17.3 Å². The number of fused-ring (bicyclic) bond motifs is 2. The molecular weight excluding hydrogens is 334 g/mol. The number of hydrogen-bond acceptors (Lipinski definition) is 7. The summed E-state index contributed by atoms with van der Waals surface area (Å²) in [6, 6.07) is 11.2. The topological polar surface area (TPSA) is 107 Å². The number of hydrogen-bond donors (Lipinski definition) is 3. The van der Waals surface area contributed by atoms with Crippen molar-refractivity contribution in [3.05, 3.63) is 54.2 Å². The van der Waals surface area contributed by atoms with Gasteiger partial charge in [-0.2, -0.15) is 5.10 Å². The van der Waals surface area contributed by atoms with E-state index in [-0.39, 0.29) is 6.79 Å². The summed E-state index contributed by atoms with van der Waals surface area (Å²) in [5.74, 6) is 2.26. The number of pyridine rings is 1. The zero-order valence-corrected chi connectivity index (χ0v) is 13.6. The number of nitrogens with two attached hydrogens (primary N) is 1. The van der Waals surface area contributed by atoms with E-state index in [1.165, 1.54) is 4.68 Å². The van der Waals surface area contributed by atoms with Crippen LogP contribution in [0.4, 0.5) is 11.6 Å². The molecule has 0 amide bonds. The fourth-order valence-electron chi connectivity index (χ4n) is 3.15. The van der Waals surface area contributed by atoms with Gasteiger partial charge in [0, 0.05) is 17.5 Å². The molecule has 26 heavy (non-hydrogen) atoms. The van der Waals surface area contributed by atoms with Crippen LogP contribution in [0.1, 0.15) is 11.8 Å². The number of aromatic nitrogens is 3. The van der Waals surface area contributed by atoms with E-state index in [1.54, 1.807) is 12.3 Å². The van der Waals surface area contributed by atoms with Gasteiger partial charge in [-0.05, 0) is 36.4 Å². The zero-order chi connectivity index (χ0) is 17.7. The van der Waals surface area contributed by atoms with Crippen molar-refractivity contribution in [2.45, 2.75) is 6.23 Å². The first kappa shape index (κ1) is 14.8. The lowest BCUT2D eigenvalue weighted by Gasteiger charge is -2.22. The van der Waals surface area contributed by atoms with Crippen LogP contribution >= 0.6 is 0 Å². The van der Waals surface area contributed by atoms with E-state index in [4.69, 9.17) is 15.2 Å². The molecule has 2 aromatic heterocycles. The molecule has 2 aliphatic heterocycles. The molecule has 0 saturated heterocycles. The molecule has 0 radical (unpaired) electrons. The Labute approximate surface area is 148 Å². The molecule has 8 heteroatoms. The normalized spacial score (nSPS) is 17.4. The Morgan fingerprint density at radius 1 is 1.19 bits per heavy atom. The van der Waals surface area contributed by atoms with Crippen LogP contribution in [0.15, 0.2) is 48.7 Å². The van der Waals surface area contributed by atoms with Crippen molar-refractivity contribution in [2.24, 2.45) is 0 Å². The minimum absolute atomic E-state index is 0.209. The molecule has 5 rings (SSSR count). The number of rotatable bonds is 2. The van der Waals surface area contributed by atoms with Crippen LogP contribution in [0.2, 0.25) is 0 Å². The molecule has 0 bridgehead atoms. The number of aliphatic hydroxyl groups excluding tert-OH is 1. The maximum Gasteiger partial charge on any atom is 0.231 e. The second-order valence-electron chi connectivity index (χ2n) is 5.96. The summed E-state index contributed by atoms with van der Waals surface area (Å²) in [5, 5.41) is 18.1. The summed E-state index contributed by atoms with van der Waals surface area (Å²) in [7, 11) is 0. The van der Waals surface area contributed by atoms with Gasteiger partial charge < -0.3 is 25.6 Å².